The maximum atomic E-state index is 10.9. The van der Waals surface area contributed by atoms with Crippen LogP contribution in [0.1, 0.15) is 17.3 Å². The minimum Gasteiger partial charge on any atom is -0.366 e. The SMILES string of the molecule is NC(=O)c1ccc2c(c1)SNCC=C2.[H+]. The molecule has 1 amide bonds. The Balaban J connectivity index is 0.00000112. The van der Waals surface area contributed by atoms with E-state index < -0.39 is 0 Å². The smallest absolute Gasteiger partial charge is 0.366 e. The van der Waals surface area contributed by atoms with E-state index in [4.69, 9.17) is 5.73 Å². The zero-order chi connectivity index (χ0) is 9.97. The van der Waals surface area contributed by atoms with Gasteiger partial charge in [-0.25, -0.2) is 0 Å². The summed E-state index contributed by atoms with van der Waals surface area (Å²) in [5.41, 5.74) is 6.86. The first-order chi connectivity index (χ1) is 6.77. The topological polar surface area (TPSA) is 55.1 Å². The predicted octanol–water partition coefficient (Wildman–Crippen LogP) is 1.52. The van der Waals surface area contributed by atoms with E-state index in [-0.39, 0.29) is 7.33 Å². The number of primary amides is 1. The van der Waals surface area contributed by atoms with Crippen molar-refractivity contribution < 1.29 is 6.22 Å². The Morgan fingerprint density at radius 2 is 2.43 bits per heavy atom. The van der Waals surface area contributed by atoms with Gasteiger partial charge in [-0.2, -0.15) is 0 Å². The normalized spacial score (nSPS) is 14.6. The van der Waals surface area contributed by atoms with Crippen LogP contribution in [0.3, 0.4) is 0 Å². The van der Waals surface area contributed by atoms with E-state index in [2.05, 4.69) is 4.72 Å². The second-order valence-electron chi connectivity index (χ2n) is 2.97. The number of nitrogens with two attached hydrogens (primary N) is 1. The molecule has 0 atom stereocenters. The van der Waals surface area contributed by atoms with E-state index in [1.165, 1.54) is 11.9 Å². The number of carbonyl (C=O) groups excluding carboxylic acids is 1. The fourth-order valence-electron chi connectivity index (χ4n) is 1.27. The molecule has 0 aromatic heterocycles. The van der Waals surface area contributed by atoms with Gasteiger partial charge in [0.25, 0.3) is 0 Å². The highest BCUT2D eigenvalue weighted by molar-refractivity contribution is 7.97. The molecule has 1 heterocycles. The molecule has 14 heavy (non-hydrogen) atoms. The lowest BCUT2D eigenvalue weighted by Crippen LogP contribution is -2.11. The molecule has 0 fully saturated rings. The van der Waals surface area contributed by atoms with Crippen molar-refractivity contribution in [3.8, 4) is 0 Å². The van der Waals surface area contributed by atoms with Gasteiger partial charge >= 0.3 is 1.43 Å². The quantitative estimate of drug-likeness (QED) is 0.686. The highest BCUT2D eigenvalue weighted by Crippen LogP contribution is 2.24. The van der Waals surface area contributed by atoms with Gasteiger partial charge in [0, 0.05) is 17.0 Å². The molecular weight excluding hydrogens is 196 g/mol. The van der Waals surface area contributed by atoms with E-state index in [1.54, 1.807) is 6.07 Å². The van der Waals surface area contributed by atoms with Crippen molar-refractivity contribution >= 4 is 23.9 Å². The van der Waals surface area contributed by atoms with Crippen molar-refractivity contribution in [2.24, 2.45) is 5.73 Å². The second-order valence-corrected chi connectivity index (χ2v) is 3.90. The number of benzene rings is 1. The number of amides is 1. The van der Waals surface area contributed by atoms with Gasteiger partial charge in [-0.3, -0.25) is 9.52 Å². The second kappa shape index (κ2) is 3.86. The molecule has 0 spiro atoms. The minimum atomic E-state index is -0.387. The lowest BCUT2D eigenvalue weighted by Gasteiger charge is -2.04. The molecule has 4 heteroatoms. The molecule has 0 saturated heterocycles. The van der Waals surface area contributed by atoms with Gasteiger partial charge < -0.3 is 5.73 Å². The zero-order valence-electron chi connectivity index (χ0n) is 8.49. The number of carbonyl (C=O) groups is 1. The van der Waals surface area contributed by atoms with Gasteiger partial charge in [-0.15, -0.1) is 0 Å². The van der Waals surface area contributed by atoms with Crippen LogP contribution in [-0.2, 0) is 0 Å². The van der Waals surface area contributed by atoms with Crippen LogP contribution in [0.5, 0.6) is 0 Å². The fourth-order valence-corrected chi connectivity index (χ4v) is 2.04. The highest BCUT2D eigenvalue weighted by atomic mass is 32.2. The molecule has 0 saturated carbocycles. The summed E-state index contributed by atoms with van der Waals surface area (Å²) in [6, 6.07) is 5.47. The molecular formula is C10H11N2OS+. The van der Waals surface area contributed by atoms with Crippen LogP contribution in [0.2, 0.25) is 0 Å². The monoisotopic (exact) mass is 207 g/mol. The van der Waals surface area contributed by atoms with Crippen LogP contribution in [0.25, 0.3) is 6.08 Å². The van der Waals surface area contributed by atoms with Crippen molar-refractivity contribution in [2.45, 2.75) is 4.90 Å². The van der Waals surface area contributed by atoms with Crippen LogP contribution in [0, 0.1) is 0 Å². The number of nitrogens with one attached hydrogen (secondary N) is 1. The molecule has 2 rings (SSSR count). The van der Waals surface area contributed by atoms with E-state index in [1.807, 2.05) is 24.3 Å². The van der Waals surface area contributed by atoms with Crippen molar-refractivity contribution in [3.63, 3.8) is 0 Å². The summed E-state index contributed by atoms with van der Waals surface area (Å²) < 4.78 is 3.15. The molecule has 3 N–H and O–H groups in total. The van der Waals surface area contributed by atoms with E-state index in [0.717, 1.165) is 17.0 Å². The van der Waals surface area contributed by atoms with Crippen LogP contribution in [0.4, 0.5) is 0 Å². The van der Waals surface area contributed by atoms with Gasteiger partial charge in [0.1, 0.15) is 0 Å². The van der Waals surface area contributed by atoms with Gasteiger partial charge in [0.2, 0.25) is 5.91 Å². The summed E-state index contributed by atoms with van der Waals surface area (Å²) in [5.74, 6) is -0.387. The molecule has 72 valence electrons. The summed E-state index contributed by atoms with van der Waals surface area (Å²) in [4.78, 5) is 12.0. The first-order valence-electron chi connectivity index (χ1n) is 4.27. The molecule has 0 radical (unpaired) electrons. The molecule has 0 aliphatic carbocycles. The Kier molecular flexibility index (Phi) is 2.56. The largest absolute Gasteiger partial charge is 1.00 e. The van der Waals surface area contributed by atoms with Crippen LogP contribution in [-0.4, -0.2) is 12.5 Å². The molecule has 0 bridgehead atoms. The summed E-state index contributed by atoms with van der Waals surface area (Å²) in [6.45, 7) is 0.825. The summed E-state index contributed by atoms with van der Waals surface area (Å²) in [7, 11) is 0. The number of rotatable bonds is 1. The number of hydrogen-bond donors (Lipinski definition) is 2. The van der Waals surface area contributed by atoms with Crippen molar-refractivity contribution in [2.75, 3.05) is 6.54 Å². The Hall–Kier alpha value is -1.26. The third kappa shape index (κ3) is 1.81. The minimum absolute atomic E-state index is 0. The molecule has 1 aromatic carbocycles. The van der Waals surface area contributed by atoms with Gasteiger partial charge in [0.15, 0.2) is 0 Å². The van der Waals surface area contributed by atoms with Gasteiger partial charge in [-0.1, -0.05) is 18.2 Å². The molecule has 3 nitrogen and oxygen atoms in total. The maximum Gasteiger partial charge on any atom is 1.00 e. The lowest BCUT2D eigenvalue weighted by atomic mass is 10.1. The Bertz CT molecular complexity index is 406. The van der Waals surface area contributed by atoms with Crippen molar-refractivity contribution in [1.29, 1.82) is 0 Å². The van der Waals surface area contributed by atoms with Crippen molar-refractivity contribution in [1.82, 2.24) is 4.72 Å². The highest BCUT2D eigenvalue weighted by Gasteiger charge is 2.07. The summed E-state index contributed by atoms with van der Waals surface area (Å²) in [5, 5.41) is 0. The third-order valence-corrected chi connectivity index (χ3v) is 2.86. The van der Waals surface area contributed by atoms with Gasteiger partial charge in [0.05, 0.1) is 0 Å². The van der Waals surface area contributed by atoms with Crippen LogP contribution >= 0.6 is 11.9 Å². The third-order valence-electron chi connectivity index (χ3n) is 1.98. The van der Waals surface area contributed by atoms with Crippen LogP contribution in [0.15, 0.2) is 29.2 Å². The molecule has 1 aliphatic rings. The summed E-state index contributed by atoms with van der Waals surface area (Å²) >= 11 is 1.52. The average molecular weight is 207 g/mol. The molecule has 0 unspecified atom stereocenters. The zero-order valence-corrected chi connectivity index (χ0v) is 8.30. The first kappa shape index (κ1) is 9.30. The number of fused-ring (bicyclic) bond motifs is 1. The first-order valence-corrected chi connectivity index (χ1v) is 5.09. The molecule has 1 aromatic rings. The number of hydrogen-bond acceptors (Lipinski definition) is 3. The predicted molar refractivity (Wildman–Crippen MR) is 59.0 cm³/mol. The fraction of sp³-hybridized carbons (Fsp3) is 0.100. The standard InChI is InChI=1S/C10H10N2OS/c11-10(13)8-4-3-7-2-1-5-12-14-9(7)6-8/h1-4,6,12H,5H2,(H2,11,13)/p+1. The Labute approximate surface area is 88.0 Å². The van der Waals surface area contributed by atoms with E-state index in [9.17, 15) is 4.79 Å². The van der Waals surface area contributed by atoms with Gasteiger partial charge in [-0.05, 0) is 29.6 Å². The van der Waals surface area contributed by atoms with E-state index >= 15 is 0 Å². The Morgan fingerprint density at radius 3 is 3.21 bits per heavy atom. The average Bonchev–Trinajstić information content (AvgIpc) is 2.41. The Morgan fingerprint density at radius 1 is 1.57 bits per heavy atom. The van der Waals surface area contributed by atoms with E-state index in [0.29, 0.717) is 5.56 Å². The molecule has 1 aliphatic heterocycles. The maximum absolute atomic E-state index is 10.9. The van der Waals surface area contributed by atoms with Crippen LogP contribution < -0.4 is 10.5 Å². The summed E-state index contributed by atoms with van der Waals surface area (Å²) in [6.07, 6.45) is 4.08. The van der Waals surface area contributed by atoms with Crippen molar-refractivity contribution in [3.05, 3.63) is 35.4 Å². The lowest BCUT2D eigenvalue weighted by molar-refractivity contribution is 0.1000.